The minimum Gasteiger partial charge on any atom is -0.480 e. The van der Waals surface area contributed by atoms with E-state index in [1.807, 2.05) is 11.8 Å². The SMILES string of the molecule is C=CCN(CC(=O)O)C(C)c1ccc(C(C)(C)C)cc1. The van der Waals surface area contributed by atoms with Crippen molar-refractivity contribution in [1.82, 2.24) is 4.90 Å². The van der Waals surface area contributed by atoms with Crippen molar-refractivity contribution in [1.29, 1.82) is 0 Å². The van der Waals surface area contributed by atoms with Crippen LogP contribution in [0.1, 0.15) is 44.9 Å². The first-order valence-electron chi connectivity index (χ1n) is 6.93. The summed E-state index contributed by atoms with van der Waals surface area (Å²) in [5.74, 6) is -0.815. The Morgan fingerprint density at radius 2 is 1.90 bits per heavy atom. The normalized spacial score (nSPS) is 13.2. The summed E-state index contributed by atoms with van der Waals surface area (Å²) < 4.78 is 0. The van der Waals surface area contributed by atoms with Crippen molar-refractivity contribution in [2.45, 2.75) is 39.2 Å². The molecule has 1 rings (SSSR count). The van der Waals surface area contributed by atoms with Gasteiger partial charge in [0.25, 0.3) is 0 Å². The van der Waals surface area contributed by atoms with Gasteiger partial charge < -0.3 is 5.11 Å². The highest BCUT2D eigenvalue weighted by Crippen LogP contribution is 2.25. The summed E-state index contributed by atoms with van der Waals surface area (Å²) in [6.07, 6.45) is 1.74. The van der Waals surface area contributed by atoms with E-state index < -0.39 is 5.97 Å². The van der Waals surface area contributed by atoms with Crippen LogP contribution in [0.3, 0.4) is 0 Å². The average Bonchev–Trinajstić information content (AvgIpc) is 2.36. The molecule has 0 bridgehead atoms. The molecule has 1 unspecified atom stereocenters. The summed E-state index contributed by atoms with van der Waals surface area (Å²) in [6, 6.07) is 8.47. The number of carboxylic acid groups (broad SMARTS) is 1. The second-order valence-corrected chi connectivity index (χ2v) is 6.16. The Balaban J connectivity index is 2.91. The molecule has 3 nitrogen and oxygen atoms in total. The lowest BCUT2D eigenvalue weighted by Crippen LogP contribution is -2.32. The lowest BCUT2D eigenvalue weighted by atomic mass is 9.86. The van der Waals surface area contributed by atoms with E-state index in [9.17, 15) is 4.79 Å². The van der Waals surface area contributed by atoms with E-state index >= 15 is 0 Å². The van der Waals surface area contributed by atoms with E-state index in [-0.39, 0.29) is 18.0 Å². The molecule has 0 amide bonds. The average molecular weight is 275 g/mol. The first-order valence-corrected chi connectivity index (χ1v) is 6.93. The molecule has 1 aromatic carbocycles. The molecule has 110 valence electrons. The minimum absolute atomic E-state index is 0.0220. The van der Waals surface area contributed by atoms with Crippen LogP contribution in [0.15, 0.2) is 36.9 Å². The van der Waals surface area contributed by atoms with E-state index in [1.54, 1.807) is 6.08 Å². The van der Waals surface area contributed by atoms with Crippen molar-refractivity contribution in [3.05, 3.63) is 48.0 Å². The van der Waals surface area contributed by atoms with Gasteiger partial charge in [0.2, 0.25) is 0 Å². The zero-order valence-corrected chi connectivity index (χ0v) is 12.9. The predicted octanol–water partition coefficient (Wildman–Crippen LogP) is 3.62. The van der Waals surface area contributed by atoms with Crippen molar-refractivity contribution in [2.75, 3.05) is 13.1 Å². The highest BCUT2D eigenvalue weighted by molar-refractivity contribution is 5.69. The fourth-order valence-electron chi connectivity index (χ4n) is 2.17. The second-order valence-electron chi connectivity index (χ2n) is 6.16. The largest absolute Gasteiger partial charge is 0.480 e. The molecule has 3 heteroatoms. The van der Waals surface area contributed by atoms with Crippen LogP contribution in [0, 0.1) is 0 Å². The molecule has 0 radical (unpaired) electrons. The van der Waals surface area contributed by atoms with Gasteiger partial charge in [0.15, 0.2) is 0 Å². The lowest BCUT2D eigenvalue weighted by molar-refractivity contribution is -0.138. The molecule has 0 saturated heterocycles. The summed E-state index contributed by atoms with van der Waals surface area (Å²) in [6.45, 7) is 12.8. The maximum absolute atomic E-state index is 10.9. The van der Waals surface area contributed by atoms with Gasteiger partial charge in [0.05, 0.1) is 6.54 Å². The third kappa shape index (κ3) is 4.49. The summed E-state index contributed by atoms with van der Waals surface area (Å²) >= 11 is 0. The molecule has 0 aromatic heterocycles. The zero-order chi connectivity index (χ0) is 15.3. The number of hydrogen-bond donors (Lipinski definition) is 1. The molecule has 0 fully saturated rings. The van der Waals surface area contributed by atoms with Crippen LogP contribution in [0.4, 0.5) is 0 Å². The number of nitrogens with zero attached hydrogens (tertiary/aromatic N) is 1. The van der Waals surface area contributed by atoms with Crippen LogP contribution < -0.4 is 0 Å². The van der Waals surface area contributed by atoms with E-state index in [2.05, 4.69) is 51.6 Å². The fourth-order valence-corrected chi connectivity index (χ4v) is 2.17. The van der Waals surface area contributed by atoms with Gasteiger partial charge in [-0.1, -0.05) is 51.1 Å². The molecular weight excluding hydrogens is 250 g/mol. The molecule has 0 aliphatic rings. The van der Waals surface area contributed by atoms with Gasteiger partial charge >= 0.3 is 5.97 Å². The quantitative estimate of drug-likeness (QED) is 0.806. The molecule has 0 aliphatic carbocycles. The number of benzene rings is 1. The van der Waals surface area contributed by atoms with E-state index in [1.165, 1.54) is 5.56 Å². The van der Waals surface area contributed by atoms with E-state index in [0.717, 1.165) is 5.56 Å². The standard InChI is InChI=1S/C17H25NO2/c1-6-11-18(12-16(19)20)13(2)14-7-9-15(10-8-14)17(3,4)5/h6-10,13H,1,11-12H2,2-5H3,(H,19,20). The van der Waals surface area contributed by atoms with Crippen LogP contribution in [0.2, 0.25) is 0 Å². The second kappa shape index (κ2) is 6.71. The van der Waals surface area contributed by atoms with Crippen LogP contribution in [-0.2, 0) is 10.2 Å². The number of aliphatic carboxylic acids is 1. The van der Waals surface area contributed by atoms with Gasteiger partial charge in [-0.15, -0.1) is 6.58 Å². The summed E-state index contributed by atoms with van der Waals surface area (Å²) in [4.78, 5) is 12.8. The number of carbonyl (C=O) groups is 1. The van der Waals surface area contributed by atoms with Gasteiger partial charge in [0, 0.05) is 12.6 Å². The Hall–Kier alpha value is -1.61. The zero-order valence-electron chi connectivity index (χ0n) is 12.9. The fraction of sp³-hybridized carbons (Fsp3) is 0.471. The molecule has 1 N–H and O–H groups in total. The van der Waals surface area contributed by atoms with Crippen molar-refractivity contribution in [2.24, 2.45) is 0 Å². The van der Waals surface area contributed by atoms with Gasteiger partial charge in [-0.3, -0.25) is 9.69 Å². The maximum Gasteiger partial charge on any atom is 0.317 e. The highest BCUT2D eigenvalue weighted by atomic mass is 16.4. The molecule has 1 atom stereocenters. The van der Waals surface area contributed by atoms with E-state index in [0.29, 0.717) is 6.54 Å². The van der Waals surface area contributed by atoms with Crippen molar-refractivity contribution in [3.63, 3.8) is 0 Å². The molecular formula is C17H25NO2. The van der Waals surface area contributed by atoms with Crippen molar-refractivity contribution in [3.8, 4) is 0 Å². The molecule has 1 aromatic rings. The number of hydrogen-bond acceptors (Lipinski definition) is 2. The highest BCUT2D eigenvalue weighted by Gasteiger charge is 2.18. The minimum atomic E-state index is -0.815. The monoisotopic (exact) mass is 275 g/mol. The smallest absolute Gasteiger partial charge is 0.317 e. The van der Waals surface area contributed by atoms with Gasteiger partial charge in [-0.2, -0.15) is 0 Å². The summed E-state index contributed by atoms with van der Waals surface area (Å²) in [5, 5.41) is 8.98. The summed E-state index contributed by atoms with van der Waals surface area (Å²) in [7, 11) is 0. The van der Waals surface area contributed by atoms with Gasteiger partial charge in [-0.25, -0.2) is 0 Å². The lowest BCUT2D eigenvalue weighted by Gasteiger charge is -2.27. The Bertz CT molecular complexity index is 457. The first-order chi connectivity index (χ1) is 9.25. The molecule has 0 spiro atoms. The Morgan fingerprint density at radius 3 is 2.30 bits per heavy atom. The first kappa shape index (κ1) is 16.4. The van der Waals surface area contributed by atoms with Gasteiger partial charge in [-0.05, 0) is 23.5 Å². The summed E-state index contributed by atoms with van der Waals surface area (Å²) in [5.41, 5.74) is 2.53. The van der Waals surface area contributed by atoms with Gasteiger partial charge in [0.1, 0.15) is 0 Å². The molecule has 0 saturated carbocycles. The van der Waals surface area contributed by atoms with Crippen LogP contribution in [0.5, 0.6) is 0 Å². The topological polar surface area (TPSA) is 40.5 Å². The molecule has 0 aliphatic heterocycles. The van der Waals surface area contributed by atoms with Crippen LogP contribution in [-0.4, -0.2) is 29.1 Å². The molecule has 20 heavy (non-hydrogen) atoms. The van der Waals surface area contributed by atoms with Crippen LogP contribution >= 0.6 is 0 Å². The maximum atomic E-state index is 10.9. The van der Waals surface area contributed by atoms with Crippen LogP contribution in [0.25, 0.3) is 0 Å². The third-order valence-electron chi connectivity index (χ3n) is 3.51. The number of carboxylic acids is 1. The molecule has 0 heterocycles. The van der Waals surface area contributed by atoms with Crippen molar-refractivity contribution >= 4 is 5.97 Å². The Labute approximate surface area is 121 Å². The third-order valence-corrected chi connectivity index (χ3v) is 3.51. The van der Waals surface area contributed by atoms with E-state index in [4.69, 9.17) is 5.11 Å². The Kier molecular flexibility index (Phi) is 5.52. The van der Waals surface area contributed by atoms with Crippen molar-refractivity contribution < 1.29 is 9.90 Å². The number of rotatable bonds is 6. The predicted molar refractivity (Wildman–Crippen MR) is 83.0 cm³/mol. The Morgan fingerprint density at radius 1 is 1.35 bits per heavy atom.